The molecule has 0 aliphatic heterocycles. The van der Waals surface area contributed by atoms with Crippen LogP contribution in [-0.2, 0) is 13.6 Å². The Hall–Kier alpha value is -1.96. The summed E-state index contributed by atoms with van der Waals surface area (Å²) in [5.41, 5.74) is 0.895. The molecule has 8 heteroatoms. The molecule has 0 aliphatic rings. The lowest BCUT2D eigenvalue weighted by Crippen LogP contribution is -2.31. The summed E-state index contributed by atoms with van der Waals surface area (Å²) in [6.07, 6.45) is 0. The largest absolute Gasteiger partial charge is 0.323 e. The maximum absolute atomic E-state index is 12.0. The molecule has 2 rings (SSSR count). The minimum absolute atomic E-state index is 0.213. The van der Waals surface area contributed by atoms with Crippen LogP contribution in [0.3, 0.4) is 0 Å². The lowest BCUT2D eigenvalue weighted by molar-refractivity contribution is 0.219. The van der Waals surface area contributed by atoms with E-state index in [1.807, 2.05) is 30.8 Å². The summed E-state index contributed by atoms with van der Waals surface area (Å²) in [4.78, 5) is 17.7. The Morgan fingerprint density at radius 3 is 2.74 bits per heavy atom. The fraction of sp³-hybridized carbons (Fsp3) is 0.455. The molecule has 0 aliphatic carbocycles. The van der Waals surface area contributed by atoms with E-state index in [2.05, 4.69) is 20.5 Å². The van der Waals surface area contributed by atoms with Crippen molar-refractivity contribution in [1.82, 2.24) is 24.6 Å². The first-order valence-corrected chi connectivity index (χ1v) is 6.64. The van der Waals surface area contributed by atoms with E-state index in [4.69, 9.17) is 0 Å². The van der Waals surface area contributed by atoms with Gasteiger partial charge < -0.3 is 9.47 Å². The van der Waals surface area contributed by atoms with Gasteiger partial charge in [-0.15, -0.1) is 21.5 Å². The topological polar surface area (TPSA) is 75.9 Å². The molecule has 0 spiro atoms. The van der Waals surface area contributed by atoms with Gasteiger partial charge in [0.05, 0.1) is 12.2 Å². The maximum atomic E-state index is 12.0. The summed E-state index contributed by atoms with van der Waals surface area (Å²) >= 11 is 1.41. The number of anilines is 1. The number of thiazole rings is 1. The summed E-state index contributed by atoms with van der Waals surface area (Å²) in [7, 11) is 3.58. The van der Waals surface area contributed by atoms with E-state index < -0.39 is 0 Å². The van der Waals surface area contributed by atoms with Crippen LogP contribution in [0.5, 0.6) is 0 Å². The van der Waals surface area contributed by atoms with Crippen molar-refractivity contribution in [3.8, 4) is 0 Å². The third-order valence-electron chi connectivity index (χ3n) is 2.74. The van der Waals surface area contributed by atoms with Gasteiger partial charge in [0.25, 0.3) is 0 Å². The number of hydrogen-bond acceptors (Lipinski definition) is 5. The molecule has 1 N–H and O–H groups in total. The Balaban J connectivity index is 1.98. The van der Waals surface area contributed by atoms with E-state index in [1.54, 1.807) is 11.9 Å². The molecule has 2 amide bonds. The molecule has 19 heavy (non-hydrogen) atoms. The highest BCUT2D eigenvalue weighted by Gasteiger charge is 2.14. The number of aromatic nitrogens is 4. The van der Waals surface area contributed by atoms with Crippen molar-refractivity contribution in [2.24, 2.45) is 7.05 Å². The Kier molecular flexibility index (Phi) is 3.79. The van der Waals surface area contributed by atoms with Crippen LogP contribution >= 0.6 is 11.3 Å². The number of rotatable bonds is 3. The van der Waals surface area contributed by atoms with Crippen molar-refractivity contribution in [2.75, 3.05) is 12.4 Å². The molecule has 2 heterocycles. The molecule has 2 aromatic rings. The van der Waals surface area contributed by atoms with Crippen molar-refractivity contribution in [1.29, 1.82) is 0 Å². The van der Waals surface area contributed by atoms with Crippen molar-refractivity contribution in [2.45, 2.75) is 20.4 Å². The second kappa shape index (κ2) is 5.35. The summed E-state index contributed by atoms with van der Waals surface area (Å²) in [6, 6.07) is -0.213. The van der Waals surface area contributed by atoms with Gasteiger partial charge in [0.15, 0.2) is 11.0 Å². The Morgan fingerprint density at radius 1 is 1.47 bits per heavy atom. The number of carbonyl (C=O) groups is 1. The molecule has 0 bridgehead atoms. The normalized spacial score (nSPS) is 10.5. The van der Waals surface area contributed by atoms with E-state index in [0.29, 0.717) is 11.7 Å². The second-order valence-corrected chi connectivity index (χ2v) is 5.16. The number of urea groups is 1. The standard InChI is InChI=1S/C11H16N6OS/c1-7-6-19-10(12-7)13-11(18)16(3)5-9-15-14-8(2)17(9)4/h6H,5H2,1-4H3,(H,12,13,18). The van der Waals surface area contributed by atoms with Gasteiger partial charge in [-0.3, -0.25) is 5.32 Å². The Bertz CT molecular complexity index is 590. The average Bonchev–Trinajstić information content (AvgIpc) is 2.90. The van der Waals surface area contributed by atoms with E-state index in [-0.39, 0.29) is 6.03 Å². The highest BCUT2D eigenvalue weighted by Crippen LogP contribution is 2.15. The predicted octanol–water partition coefficient (Wildman–Crippen LogP) is 1.55. The van der Waals surface area contributed by atoms with Crippen LogP contribution in [0.2, 0.25) is 0 Å². The number of nitrogens with zero attached hydrogens (tertiary/aromatic N) is 5. The summed E-state index contributed by atoms with van der Waals surface area (Å²) in [5.74, 6) is 1.56. The van der Waals surface area contributed by atoms with Crippen LogP contribution in [0.1, 0.15) is 17.3 Å². The van der Waals surface area contributed by atoms with Crippen molar-refractivity contribution in [3.63, 3.8) is 0 Å². The number of nitrogens with one attached hydrogen (secondary N) is 1. The van der Waals surface area contributed by atoms with Crippen molar-refractivity contribution in [3.05, 3.63) is 22.7 Å². The second-order valence-electron chi connectivity index (χ2n) is 4.30. The first-order chi connectivity index (χ1) is 8.97. The van der Waals surface area contributed by atoms with Crippen LogP contribution in [0.4, 0.5) is 9.93 Å². The number of carbonyl (C=O) groups excluding carboxylic acids is 1. The lowest BCUT2D eigenvalue weighted by Gasteiger charge is -2.16. The van der Waals surface area contributed by atoms with Crippen molar-refractivity contribution >= 4 is 22.5 Å². The molecular formula is C11H16N6OS. The fourth-order valence-electron chi connectivity index (χ4n) is 1.47. The van der Waals surface area contributed by atoms with Gasteiger partial charge in [-0.2, -0.15) is 0 Å². The van der Waals surface area contributed by atoms with Crippen molar-refractivity contribution < 1.29 is 4.79 Å². The molecule has 0 fully saturated rings. The molecule has 0 radical (unpaired) electrons. The van der Waals surface area contributed by atoms with Crippen LogP contribution < -0.4 is 5.32 Å². The zero-order chi connectivity index (χ0) is 14.0. The molecule has 2 aromatic heterocycles. The fourth-order valence-corrected chi connectivity index (χ4v) is 2.15. The number of aryl methyl sites for hydroxylation is 2. The third-order valence-corrected chi connectivity index (χ3v) is 3.62. The van der Waals surface area contributed by atoms with Crippen LogP contribution in [0, 0.1) is 13.8 Å². The van der Waals surface area contributed by atoms with Crippen LogP contribution in [-0.4, -0.2) is 37.7 Å². The van der Waals surface area contributed by atoms with Gasteiger partial charge in [-0.25, -0.2) is 9.78 Å². The maximum Gasteiger partial charge on any atom is 0.323 e. The minimum Gasteiger partial charge on any atom is -0.320 e. The summed E-state index contributed by atoms with van der Waals surface area (Å²) in [6.45, 7) is 4.15. The average molecular weight is 280 g/mol. The van der Waals surface area contributed by atoms with Gasteiger partial charge in [-0.1, -0.05) is 0 Å². The Labute approximate surface area is 115 Å². The van der Waals surface area contributed by atoms with Gasteiger partial charge in [-0.05, 0) is 13.8 Å². The predicted molar refractivity (Wildman–Crippen MR) is 73.1 cm³/mol. The van der Waals surface area contributed by atoms with Gasteiger partial charge in [0.2, 0.25) is 0 Å². The molecule has 0 atom stereocenters. The first-order valence-electron chi connectivity index (χ1n) is 5.76. The molecule has 0 saturated carbocycles. The van der Waals surface area contributed by atoms with Gasteiger partial charge in [0.1, 0.15) is 5.82 Å². The molecular weight excluding hydrogens is 264 g/mol. The highest BCUT2D eigenvalue weighted by atomic mass is 32.1. The van der Waals surface area contributed by atoms with E-state index >= 15 is 0 Å². The third kappa shape index (κ3) is 3.08. The van der Waals surface area contributed by atoms with Crippen LogP contribution in [0.15, 0.2) is 5.38 Å². The lowest BCUT2D eigenvalue weighted by atomic mass is 10.5. The molecule has 0 unspecified atom stereocenters. The van der Waals surface area contributed by atoms with E-state index in [1.165, 1.54) is 11.3 Å². The van der Waals surface area contributed by atoms with E-state index in [9.17, 15) is 4.79 Å². The van der Waals surface area contributed by atoms with E-state index in [0.717, 1.165) is 17.3 Å². The Morgan fingerprint density at radius 2 is 2.21 bits per heavy atom. The summed E-state index contributed by atoms with van der Waals surface area (Å²) in [5, 5.41) is 13.2. The SMILES string of the molecule is Cc1csc(NC(=O)N(C)Cc2nnc(C)n2C)n1. The summed E-state index contributed by atoms with van der Waals surface area (Å²) < 4.78 is 1.86. The van der Waals surface area contributed by atoms with Crippen LogP contribution in [0.25, 0.3) is 0 Å². The first kappa shape index (κ1) is 13.5. The quantitative estimate of drug-likeness (QED) is 0.925. The number of amides is 2. The molecule has 0 saturated heterocycles. The van der Waals surface area contributed by atoms with Gasteiger partial charge in [0, 0.05) is 19.5 Å². The molecule has 0 aromatic carbocycles. The minimum atomic E-state index is -0.213. The number of hydrogen-bond donors (Lipinski definition) is 1. The van der Waals surface area contributed by atoms with Gasteiger partial charge >= 0.3 is 6.03 Å². The smallest absolute Gasteiger partial charge is 0.320 e. The monoisotopic (exact) mass is 280 g/mol. The zero-order valence-corrected chi connectivity index (χ0v) is 12.2. The highest BCUT2D eigenvalue weighted by molar-refractivity contribution is 7.13. The molecule has 7 nitrogen and oxygen atoms in total. The molecule has 102 valence electrons. The zero-order valence-electron chi connectivity index (χ0n) is 11.3.